The highest BCUT2D eigenvalue weighted by Gasteiger charge is 2.11. The highest BCUT2D eigenvalue weighted by molar-refractivity contribution is 7.98. The van der Waals surface area contributed by atoms with Crippen molar-refractivity contribution in [2.24, 2.45) is 5.73 Å². The smallest absolute Gasteiger partial charge is 0.124 e. The summed E-state index contributed by atoms with van der Waals surface area (Å²) in [6.07, 6.45) is 2.10. The fourth-order valence-electron chi connectivity index (χ4n) is 1.74. The monoisotopic (exact) mass is 280 g/mol. The molecule has 19 heavy (non-hydrogen) atoms. The number of thioether (sulfide) groups is 1. The highest BCUT2D eigenvalue weighted by atomic mass is 32.2. The molecule has 1 aromatic carbocycles. The van der Waals surface area contributed by atoms with Crippen LogP contribution in [0.2, 0.25) is 0 Å². The van der Waals surface area contributed by atoms with Crippen molar-refractivity contribution in [3.8, 4) is 11.8 Å². The summed E-state index contributed by atoms with van der Waals surface area (Å²) in [4.78, 5) is 2.25. The topological polar surface area (TPSA) is 29.3 Å². The zero-order chi connectivity index (χ0) is 14.3. The molecule has 0 aliphatic carbocycles. The molecule has 0 aliphatic rings. The minimum absolute atomic E-state index is 0.259. The van der Waals surface area contributed by atoms with Crippen LogP contribution < -0.4 is 5.73 Å². The second-order valence-electron chi connectivity index (χ2n) is 4.53. The highest BCUT2D eigenvalue weighted by Crippen LogP contribution is 2.15. The number of hydrogen-bond donors (Lipinski definition) is 1. The van der Waals surface area contributed by atoms with Crippen LogP contribution in [0.1, 0.15) is 18.1 Å². The average Bonchev–Trinajstić information content (AvgIpc) is 2.39. The molecule has 1 aromatic rings. The van der Waals surface area contributed by atoms with Gasteiger partial charge in [-0.1, -0.05) is 17.9 Å². The van der Waals surface area contributed by atoms with Crippen LogP contribution in [0, 0.1) is 17.7 Å². The number of nitrogens with zero attached hydrogens (tertiary/aromatic N) is 1. The van der Waals surface area contributed by atoms with E-state index in [1.807, 2.05) is 11.8 Å². The predicted molar refractivity (Wildman–Crippen MR) is 81.6 cm³/mol. The molecule has 0 spiro atoms. The number of benzene rings is 1. The van der Waals surface area contributed by atoms with E-state index in [1.54, 1.807) is 6.07 Å². The van der Waals surface area contributed by atoms with Crippen LogP contribution >= 0.6 is 11.8 Å². The van der Waals surface area contributed by atoms with E-state index < -0.39 is 0 Å². The number of nitrogens with two attached hydrogens (primary N) is 1. The van der Waals surface area contributed by atoms with Gasteiger partial charge in [0.2, 0.25) is 0 Å². The van der Waals surface area contributed by atoms with Gasteiger partial charge in [-0.25, -0.2) is 4.39 Å². The molecule has 0 saturated carbocycles. The molecule has 0 fully saturated rings. The third kappa shape index (κ3) is 5.23. The van der Waals surface area contributed by atoms with Crippen molar-refractivity contribution >= 4 is 11.8 Å². The maximum absolute atomic E-state index is 13.3. The third-order valence-corrected chi connectivity index (χ3v) is 3.79. The van der Waals surface area contributed by atoms with Crippen LogP contribution in [-0.4, -0.2) is 36.5 Å². The van der Waals surface area contributed by atoms with E-state index >= 15 is 0 Å². The quantitative estimate of drug-likeness (QED) is 0.839. The molecule has 0 aromatic heterocycles. The van der Waals surface area contributed by atoms with Gasteiger partial charge in [0, 0.05) is 23.9 Å². The standard InChI is InChI=1S/C15H21FN2S/c1-12(11-19-3)18(2)10-14-6-7-15(16)9-13(14)5-4-8-17/h6-7,9,12H,8,10-11,17H2,1-3H3. The first-order valence-corrected chi connectivity index (χ1v) is 7.64. The fraction of sp³-hybridized carbons (Fsp3) is 0.467. The lowest BCUT2D eigenvalue weighted by Gasteiger charge is -2.24. The Bertz CT molecular complexity index is 465. The maximum Gasteiger partial charge on any atom is 0.124 e. The Morgan fingerprint density at radius 3 is 2.84 bits per heavy atom. The van der Waals surface area contributed by atoms with Crippen molar-refractivity contribution in [2.45, 2.75) is 19.5 Å². The van der Waals surface area contributed by atoms with Crippen molar-refractivity contribution in [3.05, 3.63) is 35.1 Å². The van der Waals surface area contributed by atoms with Crippen molar-refractivity contribution in [3.63, 3.8) is 0 Å². The van der Waals surface area contributed by atoms with E-state index in [4.69, 9.17) is 5.73 Å². The molecule has 1 rings (SSSR count). The van der Waals surface area contributed by atoms with Crippen LogP contribution in [0.25, 0.3) is 0 Å². The summed E-state index contributed by atoms with van der Waals surface area (Å²) in [6, 6.07) is 5.23. The molecule has 1 atom stereocenters. The number of rotatable bonds is 5. The van der Waals surface area contributed by atoms with Gasteiger partial charge in [-0.05, 0) is 37.9 Å². The molecular weight excluding hydrogens is 259 g/mol. The molecule has 2 N–H and O–H groups in total. The zero-order valence-electron chi connectivity index (χ0n) is 11.7. The average molecular weight is 280 g/mol. The van der Waals surface area contributed by atoms with E-state index in [-0.39, 0.29) is 12.4 Å². The second-order valence-corrected chi connectivity index (χ2v) is 5.44. The first-order valence-electron chi connectivity index (χ1n) is 6.25. The Morgan fingerprint density at radius 1 is 1.47 bits per heavy atom. The summed E-state index contributed by atoms with van der Waals surface area (Å²) in [6.45, 7) is 3.23. The van der Waals surface area contributed by atoms with Crippen LogP contribution in [-0.2, 0) is 6.54 Å². The van der Waals surface area contributed by atoms with Gasteiger partial charge in [-0.2, -0.15) is 11.8 Å². The minimum atomic E-state index is -0.259. The van der Waals surface area contributed by atoms with Gasteiger partial charge in [-0.15, -0.1) is 0 Å². The SMILES string of the molecule is CSCC(C)N(C)Cc1ccc(F)cc1C#CCN. The molecular formula is C15H21FN2S. The lowest BCUT2D eigenvalue weighted by Crippen LogP contribution is -2.30. The zero-order valence-corrected chi connectivity index (χ0v) is 12.6. The molecule has 0 heterocycles. The Labute approximate surface area is 119 Å². The van der Waals surface area contributed by atoms with Crippen LogP contribution in [0.15, 0.2) is 18.2 Å². The van der Waals surface area contributed by atoms with E-state index in [0.29, 0.717) is 6.04 Å². The van der Waals surface area contributed by atoms with Crippen LogP contribution in [0.4, 0.5) is 4.39 Å². The van der Waals surface area contributed by atoms with Gasteiger partial charge in [0.1, 0.15) is 5.82 Å². The Balaban J connectivity index is 2.87. The van der Waals surface area contributed by atoms with Gasteiger partial charge in [0.25, 0.3) is 0 Å². The molecule has 0 bridgehead atoms. The summed E-state index contributed by atoms with van der Waals surface area (Å²) in [7, 11) is 2.07. The first-order chi connectivity index (χ1) is 9.08. The number of halogens is 1. The van der Waals surface area contributed by atoms with E-state index in [2.05, 4.69) is 37.0 Å². The van der Waals surface area contributed by atoms with Crippen molar-refractivity contribution in [2.75, 3.05) is 25.6 Å². The summed E-state index contributed by atoms with van der Waals surface area (Å²) < 4.78 is 13.3. The molecule has 4 heteroatoms. The maximum atomic E-state index is 13.3. The van der Waals surface area contributed by atoms with E-state index in [9.17, 15) is 4.39 Å². The van der Waals surface area contributed by atoms with Gasteiger partial charge < -0.3 is 5.73 Å². The molecule has 0 saturated heterocycles. The lowest BCUT2D eigenvalue weighted by atomic mass is 10.1. The fourth-order valence-corrected chi connectivity index (χ4v) is 2.48. The number of hydrogen-bond acceptors (Lipinski definition) is 3. The van der Waals surface area contributed by atoms with Crippen molar-refractivity contribution < 1.29 is 4.39 Å². The predicted octanol–water partition coefficient (Wildman–Crippen LogP) is 2.32. The van der Waals surface area contributed by atoms with Crippen LogP contribution in [0.5, 0.6) is 0 Å². The molecule has 0 amide bonds. The molecule has 104 valence electrons. The van der Waals surface area contributed by atoms with Gasteiger partial charge in [-0.3, -0.25) is 4.90 Å². The lowest BCUT2D eigenvalue weighted by molar-refractivity contribution is 0.269. The summed E-state index contributed by atoms with van der Waals surface area (Å²) in [5, 5.41) is 0. The van der Waals surface area contributed by atoms with Crippen molar-refractivity contribution in [1.82, 2.24) is 4.90 Å². The third-order valence-electron chi connectivity index (χ3n) is 2.98. The largest absolute Gasteiger partial charge is 0.320 e. The van der Waals surface area contributed by atoms with E-state index in [1.165, 1.54) is 12.1 Å². The van der Waals surface area contributed by atoms with Gasteiger partial charge in [0.15, 0.2) is 0 Å². The molecule has 1 unspecified atom stereocenters. The molecule has 0 radical (unpaired) electrons. The van der Waals surface area contributed by atoms with Crippen molar-refractivity contribution in [1.29, 1.82) is 0 Å². The van der Waals surface area contributed by atoms with Gasteiger partial charge >= 0.3 is 0 Å². The van der Waals surface area contributed by atoms with Crippen LogP contribution in [0.3, 0.4) is 0 Å². The van der Waals surface area contributed by atoms with E-state index in [0.717, 1.165) is 23.4 Å². The first kappa shape index (κ1) is 16.0. The second kappa shape index (κ2) is 8.21. The van der Waals surface area contributed by atoms with Gasteiger partial charge in [0.05, 0.1) is 6.54 Å². The summed E-state index contributed by atoms with van der Waals surface area (Å²) in [5.41, 5.74) is 7.14. The minimum Gasteiger partial charge on any atom is -0.320 e. The normalized spacial score (nSPS) is 12.1. The molecule has 0 aliphatic heterocycles. The Kier molecular flexibility index (Phi) is 6.93. The summed E-state index contributed by atoms with van der Waals surface area (Å²) >= 11 is 1.82. The Hall–Kier alpha value is -1.02. The Morgan fingerprint density at radius 2 is 2.21 bits per heavy atom. The molecule has 2 nitrogen and oxygen atoms in total. The summed E-state index contributed by atoms with van der Waals surface area (Å²) in [5.74, 6) is 6.54.